The summed E-state index contributed by atoms with van der Waals surface area (Å²) in [6.45, 7) is 4.63. The number of nitrogens with two attached hydrogens (primary N) is 1. The maximum atomic E-state index is 12.7. The first-order valence-corrected chi connectivity index (χ1v) is 10.0. The van der Waals surface area contributed by atoms with Gasteiger partial charge in [0.1, 0.15) is 18.1 Å². The van der Waals surface area contributed by atoms with Gasteiger partial charge in [-0.25, -0.2) is 9.78 Å². The number of nitrogens with one attached hydrogen (secondary N) is 4. The van der Waals surface area contributed by atoms with Gasteiger partial charge in [-0.05, 0) is 19.3 Å². The summed E-state index contributed by atoms with van der Waals surface area (Å²) in [6.07, 6.45) is 2.44. The first-order chi connectivity index (χ1) is 14.9. The molecule has 0 aliphatic carbocycles. The Bertz CT molecular complexity index is 811. The lowest BCUT2D eigenvalue weighted by Gasteiger charge is -2.24. The van der Waals surface area contributed by atoms with Crippen molar-refractivity contribution in [2.24, 2.45) is 11.7 Å². The van der Waals surface area contributed by atoms with Crippen LogP contribution in [-0.4, -0.2) is 74.0 Å². The van der Waals surface area contributed by atoms with Gasteiger partial charge in [0.2, 0.25) is 17.7 Å². The Morgan fingerprint density at radius 3 is 2.19 bits per heavy atom. The summed E-state index contributed by atoms with van der Waals surface area (Å²) in [7, 11) is 0. The third-order valence-electron chi connectivity index (χ3n) is 4.60. The smallest absolute Gasteiger partial charge is 0.326 e. The van der Waals surface area contributed by atoms with Crippen LogP contribution in [0.3, 0.4) is 0 Å². The van der Waals surface area contributed by atoms with E-state index in [0.717, 1.165) is 0 Å². The Morgan fingerprint density at radius 1 is 1.03 bits per heavy atom. The van der Waals surface area contributed by atoms with Gasteiger partial charge in [0, 0.05) is 24.7 Å². The molecular formula is C19H30N6O7. The maximum absolute atomic E-state index is 12.7. The molecule has 1 aromatic heterocycles. The second kappa shape index (κ2) is 12.4. The Labute approximate surface area is 184 Å². The number of hydrogen-bond acceptors (Lipinski definition) is 7. The minimum atomic E-state index is -1.21. The minimum absolute atomic E-state index is 0.000793. The van der Waals surface area contributed by atoms with Crippen LogP contribution in [-0.2, 0) is 30.4 Å². The van der Waals surface area contributed by atoms with Crippen LogP contribution in [0.4, 0.5) is 0 Å². The second-order valence-electron chi connectivity index (χ2n) is 7.68. The molecule has 0 spiro atoms. The molecule has 1 aromatic rings. The van der Waals surface area contributed by atoms with Crippen molar-refractivity contribution in [2.75, 3.05) is 0 Å². The van der Waals surface area contributed by atoms with Gasteiger partial charge in [0.25, 0.3) is 0 Å². The lowest BCUT2D eigenvalue weighted by atomic mass is 10.0. The zero-order valence-corrected chi connectivity index (χ0v) is 18.1. The number of nitrogens with zero attached hydrogens (tertiary/aromatic N) is 1. The van der Waals surface area contributed by atoms with Crippen LogP contribution < -0.4 is 21.7 Å². The van der Waals surface area contributed by atoms with E-state index in [1.807, 2.05) is 0 Å². The van der Waals surface area contributed by atoms with E-state index in [4.69, 9.17) is 10.8 Å². The second-order valence-corrected chi connectivity index (χ2v) is 7.68. The van der Waals surface area contributed by atoms with Crippen molar-refractivity contribution in [3.05, 3.63) is 18.2 Å². The summed E-state index contributed by atoms with van der Waals surface area (Å²) in [5.41, 5.74) is 6.15. The zero-order valence-electron chi connectivity index (χ0n) is 18.1. The highest BCUT2D eigenvalue weighted by atomic mass is 16.4. The highest BCUT2D eigenvalue weighted by Crippen LogP contribution is 2.05. The largest absolute Gasteiger partial charge is 0.481 e. The first kappa shape index (κ1) is 26.6. The third-order valence-corrected chi connectivity index (χ3v) is 4.60. The van der Waals surface area contributed by atoms with Crippen LogP contribution in [0, 0.1) is 5.92 Å². The molecule has 0 saturated heterocycles. The number of carboxylic acids is 2. The molecular weight excluding hydrogens is 424 g/mol. The van der Waals surface area contributed by atoms with Crippen LogP contribution in [0.15, 0.2) is 12.5 Å². The highest BCUT2D eigenvalue weighted by Gasteiger charge is 2.30. The molecule has 0 bridgehead atoms. The molecule has 8 N–H and O–H groups in total. The summed E-state index contributed by atoms with van der Waals surface area (Å²) in [5.74, 6) is -4.85. The summed E-state index contributed by atoms with van der Waals surface area (Å²) < 4.78 is 0. The van der Waals surface area contributed by atoms with E-state index in [1.54, 1.807) is 13.8 Å². The van der Waals surface area contributed by atoms with E-state index >= 15 is 0 Å². The standard InChI is InChI=1S/C19H30N6O7/c1-9(2)15(19(31)32)25-18(30)13(6-11-7-21-8-22-11)24-16(28)10(3)23-17(29)12(20)4-5-14(26)27/h7-10,12-13,15H,4-6,20H2,1-3H3,(H,21,22)(H,23,29)(H,24,28)(H,25,30)(H,26,27)(H,31,32). The molecule has 0 aliphatic rings. The van der Waals surface area contributed by atoms with Crippen LogP contribution in [0.5, 0.6) is 0 Å². The van der Waals surface area contributed by atoms with Gasteiger partial charge >= 0.3 is 11.9 Å². The fourth-order valence-corrected chi connectivity index (χ4v) is 2.69. The topological polar surface area (TPSA) is 217 Å². The summed E-state index contributed by atoms with van der Waals surface area (Å²) in [5, 5.41) is 25.3. The number of amides is 3. The Kier molecular flexibility index (Phi) is 10.3. The van der Waals surface area contributed by atoms with Crippen LogP contribution in [0.1, 0.15) is 39.3 Å². The van der Waals surface area contributed by atoms with E-state index in [0.29, 0.717) is 5.69 Å². The molecule has 0 saturated carbocycles. The number of aliphatic carboxylic acids is 2. The SMILES string of the molecule is CC(NC(=O)C(N)CCC(=O)O)C(=O)NC(Cc1cnc[nH]1)C(=O)NC(C(=O)O)C(C)C. The molecule has 4 atom stereocenters. The lowest BCUT2D eigenvalue weighted by Crippen LogP contribution is -2.57. The van der Waals surface area contributed by atoms with E-state index in [1.165, 1.54) is 19.4 Å². The number of H-pyrrole nitrogens is 1. The number of aromatic nitrogens is 2. The van der Waals surface area contributed by atoms with Gasteiger partial charge in [-0.15, -0.1) is 0 Å². The quantitative estimate of drug-likeness (QED) is 0.181. The van der Waals surface area contributed by atoms with Crippen LogP contribution in [0.25, 0.3) is 0 Å². The number of hydrogen-bond donors (Lipinski definition) is 7. The van der Waals surface area contributed by atoms with Crippen molar-refractivity contribution in [1.29, 1.82) is 0 Å². The summed E-state index contributed by atoms with van der Waals surface area (Å²) in [6, 6.07) is -4.51. The fourth-order valence-electron chi connectivity index (χ4n) is 2.69. The number of rotatable bonds is 13. The molecule has 4 unspecified atom stereocenters. The normalized spacial score (nSPS) is 14.7. The van der Waals surface area contributed by atoms with E-state index in [2.05, 4.69) is 25.9 Å². The molecule has 1 rings (SSSR count). The molecule has 0 radical (unpaired) electrons. The summed E-state index contributed by atoms with van der Waals surface area (Å²) in [4.78, 5) is 66.1. The molecule has 1 heterocycles. The number of imidazole rings is 1. The predicted octanol–water partition coefficient (Wildman–Crippen LogP) is -1.64. The molecule has 0 aliphatic heterocycles. The van der Waals surface area contributed by atoms with Crippen LogP contribution >= 0.6 is 0 Å². The van der Waals surface area contributed by atoms with Crippen molar-refractivity contribution in [1.82, 2.24) is 25.9 Å². The minimum Gasteiger partial charge on any atom is -0.481 e. The lowest BCUT2D eigenvalue weighted by molar-refractivity contribution is -0.143. The van der Waals surface area contributed by atoms with Crippen molar-refractivity contribution in [3.63, 3.8) is 0 Å². The first-order valence-electron chi connectivity index (χ1n) is 10.0. The molecule has 0 fully saturated rings. The number of carbonyl (C=O) groups is 5. The third kappa shape index (κ3) is 8.71. The fraction of sp³-hybridized carbons (Fsp3) is 0.579. The predicted molar refractivity (Wildman–Crippen MR) is 111 cm³/mol. The van der Waals surface area contributed by atoms with E-state index < -0.39 is 59.7 Å². The number of carboxylic acid groups (broad SMARTS) is 2. The van der Waals surface area contributed by atoms with Gasteiger partial charge in [-0.1, -0.05) is 13.8 Å². The van der Waals surface area contributed by atoms with Crippen molar-refractivity contribution in [3.8, 4) is 0 Å². The van der Waals surface area contributed by atoms with E-state index in [9.17, 15) is 29.1 Å². The van der Waals surface area contributed by atoms with Gasteiger partial charge in [-0.3, -0.25) is 19.2 Å². The Balaban J connectivity index is 2.83. The van der Waals surface area contributed by atoms with Gasteiger partial charge in [0.05, 0.1) is 12.4 Å². The molecule has 178 valence electrons. The van der Waals surface area contributed by atoms with Gasteiger partial charge in [0.15, 0.2) is 0 Å². The Morgan fingerprint density at radius 2 is 1.69 bits per heavy atom. The molecule has 13 heteroatoms. The number of carbonyl (C=O) groups excluding carboxylic acids is 3. The monoisotopic (exact) mass is 454 g/mol. The molecule has 13 nitrogen and oxygen atoms in total. The van der Waals surface area contributed by atoms with Crippen LogP contribution in [0.2, 0.25) is 0 Å². The molecule has 0 aromatic carbocycles. The van der Waals surface area contributed by atoms with Crippen molar-refractivity contribution < 1.29 is 34.2 Å². The molecule has 32 heavy (non-hydrogen) atoms. The maximum Gasteiger partial charge on any atom is 0.326 e. The number of aromatic amines is 1. The molecule has 3 amide bonds. The Hall–Kier alpha value is -3.48. The average Bonchev–Trinajstić information content (AvgIpc) is 3.21. The van der Waals surface area contributed by atoms with Crippen molar-refractivity contribution >= 4 is 29.7 Å². The van der Waals surface area contributed by atoms with E-state index in [-0.39, 0.29) is 19.3 Å². The summed E-state index contributed by atoms with van der Waals surface area (Å²) >= 11 is 0. The highest BCUT2D eigenvalue weighted by molar-refractivity contribution is 5.94. The average molecular weight is 454 g/mol. The van der Waals surface area contributed by atoms with Crippen molar-refractivity contribution in [2.45, 2.75) is 64.2 Å². The zero-order chi connectivity index (χ0) is 24.4. The van der Waals surface area contributed by atoms with Gasteiger partial charge in [-0.2, -0.15) is 0 Å². The van der Waals surface area contributed by atoms with Gasteiger partial charge < -0.3 is 36.9 Å².